The van der Waals surface area contributed by atoms with Crippen LogP contribution in [-0.4, -0.2) is 4.57 Å². The maximum atomic E-state index is 7.00. The third-order valence-corrected chi connectivity index (χ3v) is 17.9. The van der Waals surface area contributed by atoms with E-state index >= 15 is 0 Å². The molecule has 1 unspecified atom stereocenters. The number of aromatic nitrogens is 1. The molecule has 0 radical (unpaired) electrons. The molecule has 400 valence electrons. The highest BCUT2D eigenvalue weighted by Crippen LogP contribution is 2.61. The highest BCUT2D eigenvalue weighted by atomic mass is 16.3. The van der Waals surface area contributed by atoms with Gasteiger partial charge in [-0.3, -0.25) is 0 Å². The maximum Gasteiger partial charge on any atom is 0.136 e. The number of furan rings is 1. The van der Waals surface area contributed by atoms with E-state index in [1.54, 1.807) is 0 Å². The Bertz CT molecular complexity index is 4450. The summed E-state index contributed by atoms with van der Waals surface area (Å²) in [7, 11) is 0. The van der Waals surface area contributed by atoms with E-state index in [1.165, 1.54) is 94.4 Å². The average Bonchev–Trinajstić information content (AvgIpc) is 2.81. The zero-order valence-electron chi connectivity index (χ0n) is 49.1. The Morgan fingerprint density at radius 1 is 0.395 bits per heavy atom. The Morgan fingerprint density at radius 2 is 0.963 bits per heavy atom. The first-order valence-corrected chi connectivity index (χ1v) is 29.2. The first kappa shape index (κ1) is 50.8. The van der Waals surface area contributed by atoms with E-state index in [-0.39, 0.29) is 27.6 Å². The van der Waals surface area contributed by atoms with Gasteiger partial charge in [0.05, 0.1) is 28.1 Å². The van der Waals surface area contributed by atoms with Crippen LogP contribution in [-0.2, 0) is 28.1 Å². The van der Waals surface area contributed by atoms with Gasteiger partial charge in [-0.1, -0.05) is 229 Å². The number of fused-ring (bicyclic) bond motifs is 10. The zero-order chi connectivity index (χ0) is 56.1. The summed E-state index contributed by atoms with van der Waals surface area (Å²) in [4.78, 5) is 2.71. The largest absolute Gasteiger partial charge is 0.456 e. The van der Waals surface area contributed by atoms with Crippen molar-refractivity contribution in [3.63, 3.8) is 0 Å². The van der Waals surface area contributed by atoms with Crippen LogP contribution >= 0.6 is 0 Å². The molecule has 0 N–H and O–H groups in total. The molecule has 1 aliphatic heterocycles. The predicted molar refractivity (Wildman–Crippen MR) is 344 cm³/mol. The van der Waals surface area contributed by atoms with Crippen LogP contribution < -0.4 is 4.90 Å². The molecule has 1 atom stereocenters. The third-order valence-electron chi connectivity index (χ3n) is 17.9. The summed E-state index contributed by atoms with van der Waals surface area (Å²) < 4.78 is 9.58. The Hall–Kier alpha value is -8.40. The minimum Gasteiger partial charge on any atom is -0.456 e. The first-order chi connectivity index (χ1) is 38.7. The van der Waals surface area contributed by atoms with Gasteiger partial charge in [-0.15, -0.1) is 0 Å². The molecule has 2 aromatic heterocycles. The second-order valence-electron chi connectivity index (χ2n) is 27.4. The van der Waals surface area contributed by atoms with E-state index in [0.717, 1.165) is 62.0 Å². The third kappa shape index (κ3) is 8.29. The van der Waals surface area contributed by atoms with Gasteiger partial charge in [0, 0.05) is 44.3 Å². The summed E-state index contributed by atoms with van der Waals surface area (Å²) in [6, 6.07) is 76.7. The van der Waals surface area contributed by atoms with E-state index in [4.69, 9.17) is 4.42 Å². The minimum absolute atomic E-state index is 0.0219. The molecular formula is C78H72N2O. The van der Waals surface area contributed by atoms with Crippen LogP contribution in [0.15, 0.2) is 205 Å². The van der Waals surface area contributed by atoms with Crippen LogP contribution in [0.25, 0.3) is 82.8 Å². The lowest BCUT2D eigenvalue weighted by molar-refractivity contribution is 0.588. The van der Waals surface area contributed by atoms with Crippen LogP contribution in [0.1, 0.15) is 139 Å². The van der Waals surface area contributed by atoms with Crippen LogP contribution in [0.4, 0.5) is 17.1 Å². The topological polar surface area (TPSA) is 21.3 Å². The van der Waals surface area contributed by atoms with Gasteiger partial charge >= 0.3 is 0 Å². The van der Waals surface area contributed by atoms with Gasteiger partial charge in [-0.25, -0.2) is 0 Å². The smallest absolute Gasteiger partial charge is 0.136 e. The second kappa shape index (κ2) is 18.1. The van der Waals surface area contributed by atoms with Crippen molar-refractivity contribution < 1.29 is 4.42 Å². The normalized spacial score (nSPS) is 14.5. The SMILES string of the molecule is CC(C)(C)c1cccc(-c2ccc3c(c2)N(c2c(-c4ccccc4)cc4oc5ccccc5c4c2-c2ccccc2)c2cc(-n4c5ccc(C(C)(C)C)cc5c5cc(C(C)(C)C)ccc54)cc4c2C3c2cc(C(C)(C)C)ccc2C4)c1. The lowest BCUT2D eigenvalue weighted by Crippen LogP contribution is -2.28. The molecule has 81 heavy (non-hydrogen) atoms. The van der Waals surface area contributed by atoms with E-state index in [9.17, 15) is 0 Å². The van der Waals surface area contributed by atoms with E-state index < -0.39 is 0 Å². The van der Waals surface area contributed by atoms with Crippen molar-refractivity contribution in [2.45, 2.75) is 117 Å². The van der Waals surface area contributed by atoms with Gasteiger partial charge in [-0.2, -0.15) is 0 Å². The van der Waals surface area contributed by atoms with Crippen LogP contribution in [0, 0.1) is 0 Å². The fraction of sp³-hybridized carbons (Fsp3) is 0.231. The number of hydrogen-bond donors (Lipinski definition) is 0. The Labute approximate surface area is 478 Å². The van der Waals surface area contributed by atoms with E-state index in [0.29, 0.717) is 0 Å². The number of rotatable bonds is 5. The minimum atomic E-state index is -0.0400. The summed E-state index contributed by atoms with van der Waals surface area (Å²) in [5.41, 5.74) is 27.8. The summed E-state index contributed by atoms with van der Waals surface area (Å²) >= 11 is 0. The number of para-hydroxylation sites is 1. The summed E-state index contributed by atoms with van der Waals surface area (Å²) in [6.45, 7) is 28.0. The molecule has 0 fully saturated rings. The molecule has 12 aromatic rings. The molecule has 2 aliphatic rings. The second-order valence-corrected chi connectivity index (χ2v) is 27.4. The number of nitrogens with zero attached hydrogens (tertiary/aromatic N) is 2. The first-order valence-electron chi connectivity index (χ1n) is 29.2. The Kier molecular flexibility index (Phi) is 11.3. The molecule has 3 heteroatoms. The number of hydrogen-bond acceptors (Lipinski definition) is 2. The zero-order valence-corrected chi connectivity index (χ0v) is 49.1. The monoisotopic (exact) mass is 1050 g/mol. The van der Waals surface area contributed by atoms with Crippen molar-refractivity contribution in [3.05, 3.63) is 250 Å². The van der Waals surface area contributed by atoms with Gasteiger partial charge in [-0.05, 0) is 155 Å². The van der Waals surface area contributed by atoms with Gasteiger partial charge < -0.3 is 13.9 Å². The van der Waals surface area contributed by atoms with Crippen LogP contribution in [0.3, 0.4) is 0 Å². The lowest BCUT2D eigenvalue weighted by Gasteiger charge is -2.44. The summed E-state index contributed by atoms with van der Waals surface area (Å²) in [6.07, 6.45) is 0.815. The lowest BCUT2D eigenvalue weighted by atomic mass is 9.69. The van der Waals surface area contributed by atoms with Crippen molar-refractivity contribution in [2.24, 2.45) is 0 Å². The van der Waals surface area contributed by atoms with Crippen LogP contribution in [0.5, 0.6) is 0 Å². The van der Waals surface area contributed by atoms with Crippen molar-refractivity contribution in [1.29, 1.82) is 0 Å². The highest BCUT2D eigenvalue weighted by molar-refractivity contribution is 6.20. The van der Waals surface area contributed by atoms with E-state index in [1.807, 2.05) is 0 Å². The number of anilines is 3. The molecule has 1 aliphatic carbocycles. The van der Waals surface area contributed by atoms with Gasteiger partial charge in [0.15, 0.2) is 0 Å². The molecule has 0 saturated heterocycles. The van der Waals surface area contributed by atoms with Crippen molar-refractivity contribution in [2.75, 3.05) is 4.90 Å². The molecule has 0 saturated carbocycles. The molecular weight excluding hydrogens is 981 g/mol. The standard InChI is InChI=1S/C78H72N2O/c1-75(2,3)53-27-21-26-49(39-53)50-31-35-58-66(41-50)80(74-61(47-22-15-13-16-23-47)46-69-73(59-28-19-20-29-68(59)81-69)71(74)48-24-17-14-18-25-48)67-45-57(40-52-38-51-30-32-54(76(4,5)6)42-60(51)72(58)70(52)67)79-64-36-33-55(77(7,8)9)43-62(64)63-44-56(78(10,11)12)34-37-65(63)79/h13-37,39-46,72H,38H2,1-12H3. The quantitative estimate of drug-likeness (QED) is 0.171. The number of benzene rings is 10. The van der Waals surface area contributed by atoms with Crippen molar-refractivity contribution in [1.82, 2.24) is 4.57 Å². The molecule has 3 heterocycles. The molecule has 0 spiro atoms. The molecule has 10 aromatic carbocycles. The molecule has 3 nitrogen and oxygen atoms in total. The van der Waals surface area contributed by atoms with Crippen LogP contribution in [0.2, 0.25) is 0 Å². The van der Waals surface area contributed by atoms with Gasteiger partial charge in [0.25, 0.3) is 0 Å². The predicted octanol–water partition coefficient (Wildman–Crippen LogP) is 21.7. The fourth-order valence-corrected chi connectivity index (χ4v) is 13.4. The van der Waals surface area contributed by atoms with Crippen molar-refractivity contribution in [3.8, 4) is 39.1 Å². The Morgan fingerprint density at radius 3 is 1.62 bits per heavy atom. The fourth-order valence-electron chi connectivity index (χ4n) is 13.4. The van der Waals surface area contributed by atoms with Gasteiger partial charge in [0.2, 0.25) is 0 Å². The van der Waals surface area contributed by atoms with E-state index in [2.05, 4.69) is 293 Å². The average molecular weight is 1050 g/mol. The Balaban J connectivity index is 1.17. The highest BCUT2D eigenvalue weighted by Gasteiger charge is 2.41. The summed E-state index contributed by atoms with van der Waals surface area (Å²) in [5, 5.41) is 4.78. The molecule has 14 rings (SSSR count). The summed E-state index contributed by atoms with van der Waals surface area (Å²) in [5.74, 6) is -0.0306. The van der Waals surface area contributed by atoms with Gasteiger partial charge in [0.1, 0.15) is 11.2 Å². The molecule has 0 bridgehead atoms. The molecule has 0 amide bonds. The maximum absolute atomic E-state index is 7.00. The van der Waals surface area contributed by atoms with Crippen molar-refractivity contribution >= 4 is 60.8 Å².